The van der Waals surface area contributed by atoms with Gasteiger partial charge >= 0.3 is 0 Å². The van der Waals surface area contributed by atoms with E-state index in [4.69, 9.17) is 23.2 Å². The van der Waals surface area contributed by atoms with Crippen LogP contribution < -0.4 is 5.32 Å². The standard InChI is InChI=1S/C8H9Cl2N3O/c1-2-3-5(14)13-6-7(9)11-4-12-8(6)10/h4H,2-3H2,1H3,(H,13,14). The fourth-order valence-corrected chi connectivity index (χ4v) is 1.29. The minimum Gasteiger partial charge on any atom is -0.321 e. The van der Waals surface area contributed by atoms with E-state index in [0.717, 1.165) is 6.42 Å². The molecule has 4 nitrogen and oxygen atoms in total. The summed E-state index contributed by atoms with van der Waals surface area (Å²) >= 11 is 11.4. The normalized spacial score (nSPS) is 9.93. The molecule has 0 fully saturated rings. The van der Waals surface area contributed by atoms with Crippen molar-refractivity contribution in [2.24, 2.45) is 0 Å². The zero-order chi connectivity index (χ0) is 10.6. The van der Waals surface area contributed by atoms with Crippen LogP contribution in [0.3, 0.4) is 0 Å². The van der Waals surface area contributed by atoms with Gasteiger partial charge in [-0.15, -0.1) is 0 Å². The van der Waals surface area contributed by atoms with E-state index in [-0.39, 0.29) is 21.9 Å². The number of hydrogen-bond acceptors (Lipinski definition) is 3. The molecule has 1 rings (SSSR count). The maximum absolute atomic E-state index is 11.2. The van der Waals surface area contributed by atoms with Gasteiger partial charge in [-0.25, -0.2) is 9.97 Å². The van der Waals surface area contributed by atoms with Crippen molar-refractivity contribution in [1.82, 2.24) is 9.97 Å². The lowest BCUT2D eigenvalue weighted by atomic mass is 10.3. The van der Waals surface area contributed by atoms with Gasteiger partial charge in [0, 0.05) is 6.42 Å². The Hall–Kier alpha value is -0.870. The summed E-state index contributed by atoms with van der Waals surface area (Å²) in [6.45, 7) is 1.91. The summed E-state index contributed by atoms with van der Waals surface area (Å²) in [5.41, 5.74) is 0.272. The number of hydrogen-bond donors (Lipinski definition) is 1. The zero-order valence-corrected chi connectivity index (χ0v) is 9.06. The third kappa shape index (κ3) is 2.82. The predicted molar refractivity (Wildman–Crippen MR) is 55.6 cm³/mol. The molecule has 0 aliphatic rings. The molecule has 1 aromatic heterocycles. The first-order valence-corrected chi connectivity index (χ1v) is 4.86. The lowest BCUT2D eigenvalue weighted by molar-refractivity contribution is -0.116. The smallest absolute Gasteiger partial charge is 0.224 e. The van der Waals surface area contributed by atoms with Crippen molar-refractivity contribution in [3.8, 4) is 0 Å². The number of anilines is 1. The molecule has 0 bridgehead atoms. The molecule has 0 saturated carbocycles. The fourth-order valence-electron chi connectivity index (χ4n) is 0.877. The molecule has 1 N–H and O–H groups in total. The number of nitrogens with one attached hydrogen (secondary N) is 1. The monoisotopic (exact) mass is 233 g/mol. The number of halogens is 2. The molecule has 0 aliphatic heterocycles. The Morgan fingerprint density at radius 1 is 1.43 bits per heavy atom. The summed E-state index contributed by atoms with van der Waals surface area (Å²) in [5, 5.41) is 2.85. The molecule has 0 radical (unpaired) electrons. The molecule has 6 heteroatoms. The van der Waals surface area contributed by atoms with Crippen LogP contribution >= 0.6 is 23.2 Å². The van der Waals surface area contributed by atoms with Gasteiger partial charge in [0.05, 0.1) is 0 Å². The van der Waals surface area contributed by atoms with Gasteiger partial charge in [0.1, 0.15) is 12.0 Å². The molecule has 0 aromatic carbocycles. The van der Waals surface area contributed by atoms with Crippen LogP contribution in [0, 0.1) is 0 Å². The van der Waals surface area contributed by atoms with Crippen LogP contribution in [0.4, 0.5) is 5.69 Å². The van der Waals surface area contributed by atoms with Gasteiger partial charge in [-0.05, 0) is 6.42 Å². The Morgan fingerprint density at radius 2 is 2.00 bits per heavy atom. The van der Waals surface area contributed by atoms with E-state index < -0.39 is 0 Å². The molecular formula is C8H9Cl2N3O. The van der Waals surface area contributed by atoms with Gasteiger partial charge in [0.2, 0.25) is 5.91 Å². The first-order valence-electron chi connectivity index (χ1n) is 4.11. The predicted octanol–water partition coefficient (Wildman–Crippen LogP) is 2.52. The molecule has 1 amide bonds. The van der Waals surface area contributed by atoms with E-state index in [2.05, 4.69) is 15.3 Å². The summed E-state index contributed by atoms with van der Waals surface area (Å²) in [7, 11) is 0. The molecule has 1 heterocycles. The quantitative estimate of drug-likeness (QED) is 0.817. The first kappa shape index (κ1) is 11.2. The minimum atomic E-state index is -0.147. The van der Waals surface area contributed by atoms with E-state index in [1.807, 2.05) is 6.92 Å². The number of amides is 1. The Kier molecular flexibility index (Phi) is 4.10. The number of carbonyl (C=O) groups excluding carboxylic acids is 1. The number of nitrogens with zero attached hydrogens (tertiary/aromatic N) is 2. The molecule has 0 atom stereocenters. The van der Waals surface area contributed by atoms with Crippen LogP contribution in [0.1, 0.15) is 19.8 Å². The zero-order valence-electron chi connectivity index (χ0n) is 7.55. The first-order chi connectivity index (χ1) is 6.65. The molecular weight excluding hydrogens is 225 g/mol. The lowest BCUT2D eigenvalue weighted by Crippen LogP contribution is -2.12. The molecule has 76 valence electrons. The number of rotatable bonds is 3. The van der Waals surface area contributed by atoms with Crippen LogP contribution in [-0.4, -0.2) is 15.9 Å². The van der Waals surface area contributed by atoms with Crippen LogP contribution in [0.25, 0.3) is 0 Å². The number of aromatic nitrogens is 2. The van der Waals surface area contributed by atoms with Crippen LogP contribution in [0.2, 0.25) is 10.3 Å². The van der Waals surface area contributed by atoms with Crippen LogP contribution in [0.5, 0.6) is 0 Å². The SMILES string of the molecule is CCCC(=O)Nc1c(Cl)ncnc1Cl. The Bertz CT molecular complexity index is 323. The summed E-state index contributed by atoms with van der Waals surface area (Å²) < 4.78 is 0. The molecule has 0 unspecified atom stereocenters. The Morgan fingerprint density at radius 3 is 2.50 bits per heavy atom. The van der Waals surface area contributed by atoms with E-state index in [0.29, 0.717) is 6.42 Å². The van der Waals surface area contributed by atoms with E-state index in [1.165, 1.54) is 6.33 Å². The molecule has 0 spiro atoms. The average Bonchev–Trinajstić information content (AvgIpc) is 2.12. The summed E-state index contributed by atoms with van der Waals surface area (Å²) in [5.74, 6) is -0.147. The molecule has 14 heavy (non-hydrogen) atoms. The van der Waals surface area contributed by atoms with Crippen LogP contribution in [-0.2, 0) is 4.79 Å². The second-order valence-corrected chi connectivity index (χ2v) is 3.34. The summed E-state index contributed by atoms with van der Waals surface area (Å²) in [4.78, 5) is 18.6. The van der Waals surface area contributed by atoms with Crippen molar-refractivity contribution in [1.29, 1.82) is 0 Å². The van der Waals surface area contributed by atoms with Gasteiger partial charge < -0.3 is 5.32 Å². The maximum Gasteiger partial charge on any atom is 0.224 e. The highest BCUT2D eigenvalue weighted by Crippen LogP contribution is 2.25. The van der Waals surface area contributed by atoms with Crippen molar-refractivity contribution >= 4 is 34.8 Å². The second kappa shape index (κ2) is 5.12. The highest BCUT2D eigenvalue weighted by atomic mass is 35.5. The third-order valence-electron chi connectivity index (χ3n) is 1.50. The van der Waals surface area contributed by atoms with Gasteiger partial charge in [0.15, 0.2) is 10.3 Å². The van der Waals surface area contributed by atoms with Gasteiger partial charge in [-0.1, -0.05) is 30.1 Å². The average molecular weight is 234 g/mol. The Balaban J connectivity index is 2.80. The van der Waals surface area contributed by atoms with Gasteiger partial charge in [-0.3, -0.25) is 4.79 Å². The molecule has 0 saturated heterocycles. The summed E-state index contributed by atoms with van der Waals surface area (Å²) in [6, 6.07) is 0. The van der Waals surface area contributed by atoms with Crippen molar-refractivity contribution < 1.29 is 4.79 Å². The minimum absolute atomic E-state index is 0.147. The third-order valence-corrected chi connectivity index (χ3v) is 2.07. The van der Waals surface area contributed by atoms with Crippen LogP contribution in [0.15, 0.2) is 6.33 Å². The van der Waals surface area contributed by atoms with Crippen molar-refractivity contribution in [2.45, 2.75) is 19.8 Å². The largest absolute Gasteiger partial charge is 0.321 e. The Labute approximate surface area is 91.6 Å². The van der Waals surface area contributed by atoms with E-state index in [9.17, 15) is 4.79 Å². The molecule has 0 aliphatic carbocycles. The fraction of sp³-hybridized carbons (Fsp3) is 0.375. The number of carbonyl (C=O) groups is 1. The van der Waals surface area contributed by atoms with Crippen molar-refractivity contribution in [2.75, 3.05) is 5.32 Å². The maximum atomic E-state index is 11.2. The van der Waals surface area contributed by atoms with Crippen molar-refractivity contribution in [3.05, 3.63) is 16.6 Å². The summed E-state index contributed by atoms with van der Waals surface area (Å²) in [6.07, 6.45) is 2.41. The highest BCUT2D eigenvalue weighted by molar-refractivity contribution is 6.38. The van der Waals surface area contributed by atoms with E-state index >= 15 is 0 Å². The highest BCUT2D eigenvalue weighted by Gasteiger charge is 2.10. The van der Waals surface area contributed by atoms with Gasteiger partial charge in [-0.2, -0.15) is 0 Å². The van der Waals surface area contributed by atoms with Gasteiger partial charge in [0.25, 0.3) is 0 Å². The second-order valence-electron chi connectivity index (χ2n) is 2.63. The molecule has 1 aromatic rings. The van der Waals surface area contributed by atoms with E-state index in [1.54, 1.807) is 0 Å². The van der Waals surface area contributed by atoms with Crippen molar-refractivity contribution in [3.63, 3.8) is 0 Å². The topological polar surface area (TPSA) is 54.9 Å². The lowest BCUT2D eigenvalue weighted by Gasteiger charge is -2.06.